The maximum absolute atomic E-state index is 13.2. The van der Waals surface area contributed by atoms with Crippen molar-refractivity contribution >= 4 is 33.5 Å². The lowest BCUT2D eigenvalue weighted by atomic mass is 10.1. The first kappa shape index (κ1) is 23.9. The summed E-state index contributed by atoms with van der Waals surface area (Å²) in [6.45, 7) is 0.785. The predicted octanol–water partition coefficient (Wildman–Crippen LogP) is 4.17. The molecular formula is C25H23ClN2O5S. The fourth-order valence-corrected chi connectivity index (χ4v) is 5.75. The van der Waals surface area contributed by atoms with Gasteiger partial charge in [0.05, 0.1) is 4.90 Å². The Balaban J connectivity index is 1.48. The molecule has 1 aliphatic heterocycles. The van der Waals surface area contributed by atoms with Crippen molar-refractivity contribution in [2.45, 2.75) is 30.3 Å². The number of rotatable bonds is 9. The summed E-state index contributed by atoms with van der Waals surface area (Å²) in [7, 11) is -4.21. The van der Waals surface area contributed by atoms with Crippen LogP contribution in [0.5, 0.6) is 0 Å². The molecule has 1 aliphatic rings. The molecule has 0 saturated heterocycles. The number of nitrogens with zero attached hydrogens (tertiary/aromatic N) is 1. The molecule has 0 saturated carbocycles. The van der Waals surface area contributed by atoms with Crippen LogP contribution in [0.1, 0.15) is 28.8 Å². The van der Waals surface area contributed by atoms with Crippen molar-refractivity contribution in [3.05, 3.63) is 88.9 Å². The van der Waals surface area contributed by atoms with Crippen LogP contribution in [0.4, 0.5) is 0 Å². The van der Waals surface area contributed by atoms with Crippen LogP contribution in [0.25, 0.3) is 11.1 Å². The van der Waals surface area contributed by atoms with Gasteiger partial charge in [0, 0.05) is 29.2 Å². The van der Waals surface area contributed by atoms with Gasteiger partial charge < -0.3 is 10.0 Å². The van der Waals surface area contributed by atoms with Gasteiger partial charge in [-0.3, -0.25) is 9.59 Å². The topological polar surface area (TPSA) is 104 Å². The van der Waals surface area contributed by atoms with Crippen molar-refractivity contribution in [1.29, 1.82) is 0 Å². The second-order valence-corrected chi connectivity index (χ2v) is 10.2. The van der Waals surface area contributed by atoms with E-state index in [4.69, 9.17) is 11.6 Å². The molecule has 9 heteroatoms. The molecule has 3 aromatic rings. The molecule has 1 heterocycles. The van der Waals surface area contributed by atoms with Crippen LogP contribution in [0.2, 0.25) is 5.02 Å². The lowest BCUT2D eigenvalue weighted by Crippen LogP contribution is -2.41. The minimum atomic E-state index is -4.21. The number of aliphatic carboxylic acids is 1. The third kappa shape index (κ3) is 5.14. The number of sulfonamides is 1. The average molecular weight is 499 g/mol. The Morgan fingerprint density at radius 3 is 2.44 bits per heavy atom. The molecule has 0 aromatic heterocycles. The first-order chi connectivity index (χ1) is 16.3. The van der Waals surface area contributed by atoms with E-state index >= 15 is 0 Å². The highest BCUT2D eigenvalue weighted by atomic mass is 35.5. The lowest BCUT2D eigenvalue weighted by molar-refractivity contribution is -0.139. The maximum Gasteiger partial charge on any atom is 0.321 e. The van der Waals surface area contributed by atoms with Crippen LogP contribution in [0.3, 0.4) is 0 Å². The van der Waals surface area contributed by atoms with Crippen molar-refractivity contribution in [2.75, 3.05) is 6.54 Å². The summed E-state index contributed by atoms with van der Waals surface area (Å²) >= 11 is 6.07. The highest BCUT2D eigenvalue weighted by Crippen LogP contribution is 2.30. The minimum Gasteiger partial charge on any atom is -0.480 e. The number of nitrogens with one attached hydrogen (secondary N) is 1. The predicted molar refractivity (Wildman–Crippen MR) is 129 cm³/mol. The average Bonchev–Trinajstić information content (AvgIpc) is 3.14. The first-order valence-electron chi connectivity index (χ1n) is 10.7. The molecule has 0 spiro atoms. The van der Waals surface area contributed by atoms with Crippen molar-refractivity contribution in [3.63, 3.8) is 0 Å². The molecule has 34 heavy (non-hydrogen) atoms. The normalized spacial score (nSPS) is 14.1. The highest BCUT2D eigenvalue weighted by molar-refractivity contribution is 7.89. The molecule has 0 fully saturated rings. The number of carbonyl (C=O) groups excluding carboxylic acids is 1. The van der Waals surface area contributed by atoms with Crippen molar-refractivity contribution in [3.8, 4) is 11.1 Å². The van der Waals surface area contributed by atoms with Crippen LogP contribution >= 0.6 is 11.6 Å². The Morgan fingerprint density at radius 2 is 1.74 bits per heavy atom. The van der Waals surface area contributed by atoms with Gasteiger partial charge in [0.25, 0.3) is 5.91 Å². The molecule has 7 nitrogen and oxygen atoms in total. The second-order valence-electron chi connectivity index (χ2n) is 8.04. The zero-order chi connectivity index (χ0) is 24.3. The smallest absolute Gasteiger partial charge is 0.321 e. The number of carboxylic acids is 1. The summed E-state index contributed by atoms with van der Waals surface area (Å²) in [5.74, 6) is -1.39. The van der Waals surface area contributed by atoms with Crippen LogP contribution < -0.4 is 4.72 Å². The number of carboxylic acid groups (broad SMARTS) is 1. The largest absolute Gasteiger partial charge is 0.480 e. The standard InChI is InChI=1S/C25H23ClN2O5S/c26-19-12-13-20(17-7-2-1-3-8-17)23(15-19)34(32,33)27-22(25(30)31)11-6-14-28-16-18-9-4-5-10-21(18)24(28)29/h1-5,7-10,12-13,15,22,27H,6,11,14,16H2,(H,30,31). The highest BCUT2D eigenvalue weighted by Gasteiger charge is 2.30. The third-order valence-corrected chi connectivity index (χ3v) is 7.48. The van der Waals surface area contributed by atoms with E-state index < -0.39 is 22.0 Å². The molecule has 1 unspecified atom stereocenters. The van der Waals surface area contributed by atoms with E-state index in [9.17, 15) is 23.1 Å². The van der Waals surface area contributed by atoms with Gasteiger partial charge in [0.2, 0.25) is 10.0 Å². The van der Waals surface area contributed by atoms with Crippen LogP contribution in [-0.4, -0.2) is 42.9 Å². The van der Waals surface area contributed by atoms with Gasteiger partial charge in [-0.2, -0.15) is 4.72 Å². The van der Waals surface area contributed by atoms with Crippen molar-refractivity contribution in [1.82, 2.24) is 9.62 Å². The van der Waals surface area contributed by atoms with Crippen LogP contribution in [0, 0.1) is 0 Å². The van der Waals surface area contributed by atoms with Crippen molar-refractivity contribution < 1.29 is 23.1 Å². The molecule has 0 radical (unpaired) electrons. The summed E-state index contributed by atoms with van der Waals surface area (Å²) < 4.78 is 28.7. The van der Waals surface area contributed by atoms with E-state index in [0.717, 1.165) is 5.56 Å². The zero-order valence-electron chi connectivity index (χ0n) is 18.1. The van der Waals surface area contributed by atoms with E-state index in [1.165, 1.54) is 6.07 Å². The van der Waals surface area contributed by atoms with Crippen LogP contribution in [0.15, 0.2) is 77.7 Å². The summed E-state index contributed by atoms with van der Waals surface area (Å²) in [6.07, 6.45) is 0.343. The molecule has 3 aromatic carbocycles. The first-order valence-corrected chi connectivity index (χ1v) is 12.6. The fraction of sp³-hybridized carbons (Fsp3) is 0.200. The van der Waals surface area contributed by atoms with Gasteiger partial charge in [0.15, 0.2) is 0 Å². The summed E-state index contributed by atoms with van der Waals surface area (Å²) in [5, 5.41) is 9.90. The summed E-state index contributed by atoms with van der Waals surface area (Å²) in [6, 6.07) is 19.4. The number of amides is 1. The van der Waals surface area contributed by atoms with E-state index in [1.807, 2.05) is 18.2 Å². The monoisotopic (exact) mass is 498 g/mol. The zero-order valence-corrected chi connectivity index (χ0v) is 19.7. The molecule has 0 bridgehead atoms. The maximum atomic E-state index is 13.2. The molecule has 4 rings (SSSR count). The van der Waals surface area contributed by atoms with E-state index in [-0.39, 0.29) is 22.2 Å². The van der Waals surface area contributed by atoms with E-state index in [2.05, 4.69) is 4.72 Å². The molecule has 1 amide bonds. The number of benzene rings is 3. The Bertz CT molecular complexity index is 1330. The summed E-state index contributed by atoms with van der Waals surface area (Å²) in [4.78, 5) is 25.9. The Hall–Kier alpha value is -3.20. The number of hydrogen-bond acceptors (Lipinski definition) is 4. The number of halogens is 1. The van der Waals surface area contributed by atoms with Gasteiger partial charge in [-0.1, -0.05) is 66.2 Å². The fourth-order valence-electron chi connectivity index (χ4n) is 4.04. The third-order valence-electron chi connectivity index (χ3n) is 5.73. The number of carbonyl (C=O) groups is 2. The summed E-state index contributed by atoms with van der Waals surface area (Å²) in [5.41, 5.74) is 2.66. The SMILES string of the molecule is O=C(O)C(CCCN1Cc2ccccc2C1=O)NS(=O)(=O)c1cc(Cl)ccc1-c1ccccc1. The molecule has 0 aliphatic carbocycles. The second kappa shape index (κ2) is 9.97. The van der Waals surface area contributed by atoms with Gasteiger partial charge in [-0.15, -0.1) is 0 Å². The van der Waals surface area contributed by atoms with Gasteiger partial charge in [-0.05, 0) is 42.2 Å². The van der Waals surface area contributed by atoms with Crippen LogP contribution in [-0.2, 0) is 21.4 Å². The Kier molecular flexibility index (Phi) is 7.02. The van der Waals surface area contributed by atoms with Gasteiger partial charge >= 0.3 is 5.97 Å². The minimum absolute atomic E-state index is 0.0237. The quantitative estimate of drug-likeness (QED) is 0.460. The lowest BCUT2D eigenvalue weighted by Gasteiger charge is -2.19. The van der Waals surface area contributed by atoms with Gasteiger partial charge in [-0.25, -0.2) is 8.42 Å². The Labute approximate surface area is 203 Å². The van der Waals surface area contributed by atoms with Crippen molar-refractivity contribution in [2.24, 2.45) is 0 Å². The van der Waals surface area contributed by atoms with E-state index in [0.29, 0.717) is 36.2 Å². The molecule has 1 atom stereocenters. The molecule has 176 valence electrons. The Morgan fingerprint density at radius 1 is 1.03 bits per heavy atom. The van der Waals surface area contributed by atoms with E-state index in [1.54, 1.807) is 53.4 Å². The molecular weight excluding hydrogens is 476 g/mol. The van der Waals surface area contributed by atoms with Gasteiger partial charge in [0.1, 0.15) is 6.04 Å². The number of hydrogen-bond donors (Lipinski definition) is 2. The molecule has 2 N–H and O–H groups in total. The number of fused-ring (bicyclic) bond motifs is 1.